The Morgan fingerprint density at radius 2 is 1.21 bits per heavy atom. The van der Waals surface area contributed by atoms with Gasteiger partial charge in [-0.1, -0.05) is 78.9 Å². The molecule has 2 aliphatic rings. The molecule has 1 aliphatic heterocycles. The van der Waals surface area contributed by atoms with E-state index in [-0.39, 0.29) is 38.5 Å². The van der Waals surface area contributed by atoms with Gasteiger partial charge < -0.3 is 53.6 Å². The van der Waals surface area contributed by atoms with Gasteiger partial charge in [-0.15, -0.1) is 0 Å². The summed E-state index contributed by atoms with van der Waals surface area (Å²) < 4.78 is 44.8. The van der Waals surface area contributed by atoms with Crippen LogP contribution < -0.4 is 10.6 Å². The minimum Gasteiger partial charge on any atom is -0.480 e. The molecule has 3 aromatic carbocycles. The van der Waals surface area contributed by atoms with E-state index in [0.29, 0.717) is 5.56 Å². The Balaban J connectivity index is 1.34. The van der Waals surface area contributed by atoms with Gasteiger partial charge >= 0.3 is 42.0 Å². The number of hydrogen-bond acceptors (Lipinski definition) is 15. The Labute approximate surface area is 351 Å². The third kappa shape index (κ3) is 13.0. The molecule has 18 nitrogen and oxygen atoms in total. The summed E-state index contributed by atoms with van der Waals surface area (Å²) in [6.07, 6.45) is -11.2. The largest absolute Gasteiger partial charge is 0.480 e. The number of nitrogens with one attached hydrogen (secondary N) is 2. The van der Waals surface area contributed by atoms with Gasteiger partial charge in [0.05, 0.1) is 6.10 Å². The summed E-state index contributed by atoms with van der Waals surface area (Å²) in [6.45, 7) is 3.28. The number of ether oxygens (including phenoxy) is 8. The third-order valence-electron chi connectivity index (χ3n) is 9.67. The van der Waals surface area contributed by atoms with Gasteiger partial charge in [0.15, 0.2) is 24.6 Å². The zero-order valence-corrected chi connectivity index (χ0v) is 33.9. The molecule has 326 valence electrons. The van der Waals surface area contributed by atoms with Gasteiger partial charge in [-0.25, -0.2) is 14.4 Å². The second kappa shape index (κ2) is 21.6. The van der Waals surface area contributed by atoms with E-state index in [1.54, 1.807) is 30.3 Å². The highest BCUT2D eigenvalue weighted by molar-refractivity contribution is 5.81. The first-order chi connectivity index (χ1) is 29.2. The molecule has 0 spiro atoms. The zero-order valence-electron chi connectivity index (χ0n) is 33.9. The van der Waals surface area contributed by atoms with Crippen molar-refractivity contribution < 1.29 is 76.6 Å². The van der Waals surface area contributed by atoms with E-state index >= 15 is 0 Å². The fourth-order valence-electron chi connectivity index (χ4n) is 7.07. The lowest BCUT2D eigenvalue weighted by atomic mass is 9.97. The second-order valence-electron chi connectivity index (χ2n) is 14.2. The molecule has 61 heavy (non-hydrogen) atoms. The number of aliphatic carboxylic acids is 1. The molecule has 1 aliphatic carbocycles. The molecule has 18 heteroatoms. The van der Waals surface area contributed by atoms with Crippen LogP contribution in [0.3, 0.4) is 0 Å². The van der Waals surface area contributed by atoms with Crippen LogP contribution in [0.15, 0.2) is 78.9 Å². The van der Waals surface area contributed by atoms with Crippen LogP contribution in [0.5, 0.6) is 0 Å². The quantitative estimate of drug-likeness (QED) is 0.120. The van der Waals surface area contributed by atoms with Crippen molar-refractivity contribution in [3.63, 3.8) is 0 Å². The van der Waals surface area contributed by atoms with Gasteiger partial charge in [0.25, 0.3) is 0 Å². The predicted molar refractivity (Wildman–Crippen MR) is 210 cm³/mol. The zero-order chi connectivity index (χ0) is 44.1. The smallest absolute Gasteiger partial charge is 0.407 e. The number of carboxylic acid groups (broad SMARTS) is 1. The first-order valence-corrected chi connectivity index (χ1v) is 19.4. The number of rotatable bonds is 18. The summed E-state index contributed by atoms with van der Waals surface area (Å²) in [6, 6.07) is 22.8. The topological polar surface area (TPSA) is 238 Å². The highest BCUT2D eigenvalue weighted by Gasteiger charge is 2.53. The fraction of sp³-hybridized carbons (Fsp3) is 0.419. The predicted octanol–water partition coefficient (Wildman–Crippen LogP) is 4.15. The van der Waals surface area contributed by atoms with E-state index in [1.807, 2.05) is 48.5 Å². The molecular weight excluding hydrogens is 800 g/mol. The van der Waals surface area contributed by atoms with Crippen LogP contribution in [0.4, 0.5) is 9.59 Å². The molecule has 0 radical (unpaired) electrons. The molecule has 2 amide bonds. The van der Waals surface area contributed by atoms with Crippen LogP contribution in [0.1, 0.15) is 63.1 Å². The number of alkyl carbamates (subject to hydrolysis) is 2. The van der Waals surface area contributed by atoms with Gasteiger partial charge in [0.2, 0.25) is 0 Å². The van der Waals surface area contributed by atoms with E-state index in [1.165, 1.54) is 0 Å². The molecule has 0 aromatic heterocycles. The van der Waals surface area contributed by atoms with Crippen LogP contribution >= 0.6 is 0 Å². The number of fused-ring (bicyclic) bond motifs is 3. The minimum atomic E-state index is -1.66. The van der Waals surface area contributed by atoms with Crippen LogP contribution in [0.2, 0.25) is 0 Å². The average Bonchev–Trinajstić information content (AvgIpc) is 3.54. The Hall–Kier alpha value is -6.53. The highest BCUT2D eigenvalue weighted by Crippen LogP contribution is 2.44. The maximum atomic E-state index is 13.1. The van der Waals surface area contributed by atoms with E-state index in [0.717, 1.165) is 49.9 Å². The first-order valence-electron chi connectivity index (χ1n) is 19.4. The molecule has 7 atom stereocenters. The van der Waals surface area contributed by atoms with E-state index in [4.69, 9.17) is 37.9 Å². The standard InChI is InChI=1S/C43H48N2O16/c1-24(46)54-23-36-37(57-25(2)47)38(58-26(3)48)39(59-27(4)49)41(61-36)60-29(20-44-42(52)55-21-28-12-6-5-7-13-28)18-19-35(40(50)51)45-43(53)56-22-34-32-16-10-8-14-30(32)31-15-9-11-17-33(31)34/h5-17,29,34-39,41H,18-23H2,1-4H3,(H,44,52)(H,45,53)(H,50,51)/t29-,35+,36-,37+,38+,39-,41-/m1/s1. The Bertz CT molecular complexity index is 2000. The number of carbonyl (C=O) groups excluding carboxylic acids is 6. The van der Waals surface area contributed by atoms with Gasteiger partial charge in [-0.2, -0.15) is 0 Å². The molecule has 0 bridgehead atoms. The highest BCUT2D eigenvalue weighted by atomic mass is 16.7. The lowest BCUT2D eigenvalue weighted by Gasteiger charge is -2.44. The minimum absolute atomic E-state index is 0.0736. The van der Waals surface area contributed by atoms with E-state index < -0.39 is 91.5 Å². The number of benzene rings is 3. The number of hydrogen-bond donors (Lipinski definition) is 3. The van der Waals surface area contributed by atoms with Gasteiger partial charge in [-0.3, -0.25) is 19.2 Å². The van der Waals surface area contributed by atoms with Crippen molar-refractivity contribution in [2.45, 2.75) is 95.9 Å². The van der Waals surface area contributed by atoms with E-state index in [9.17, 15) is 38.7 Å². The second-order valence-corrected chi connectivity index (χ2v) is 14.2. The average molecular weight is 849 g/mol. The van der Waals surface area contributed by atoms with E-state index in [2.05, 4.69) is 10.6 Å². The van der Waals surface area contributed by atoms with Crippen molar-refractivity contribution in [3.05, 3.63) is 95.6 Å². The van der Waals surface area contributed by atoms with Crippen LogP contribution in [0, 0.1) is 0 Å². The van der Waals surface area contributed by atoms with Crippen molar-refractivity contribution >= 4 is 42.0 Å². The lowest BCUT2D eigenvalue weighted by molar-refractivity contribution is -0.316. The Morgan fingerprint density at radius 1 is 0.639 bits per heavy atom. The summed E-state index contributed by atoms with van der Waals surface area (Å²) in [5.74, 6) is -5.00. The van der Waals surface area contributed by atoms with Crippen LogP contribution in [-0.2, 0) is 68.5 Å². The Morgan fingerprint density at radius 3 is 1.80 bits per heavy atom. The number of carboxylic acids is 1. The molecule has 3 N–H and O–H groups in total. The summed E-state index contributed by atoms with van der Waals surface area (Å²) in [7, 11) is 0. The van der Waals surface area contributed by atoms with Crippen LogP contribution in [0.25, 0.3) is 11.1 Å². The monoisotopic (exact) mass is 848 g/mol. The summed E-state index contributed by atoms with van der Waals surface area (Å²) in [4.78, 5) is 87.3. The number of esters is 4. The lowest BCUT2D eigenvalue weighted by Crippen LogP contribution is -2.63. The fourth-order valence-corrected chi connectivity index (χ4v) is 7.07. The molecular formula is C43H48N2O16. The third-order valence-corrected chi connectivity index (χ3v) is 9.67. The maximum absolute atomic E-state index is 13.1. The molecule has 1 heterocycles. The van der Waals surface area contributed by atoms with Crippen molar-refractivity contribution in [1.82, 2.24) is 10.6 Å². The number of amides is 2. The molecule has 0 saturated carbocycles. The molecule has 1 fully saturated rings. The van der Waals surface area contributed by atoms with Crippen molar-refractivity contribution in [1.29, 1.82) is 0 Å². The molecule has 5 rings (SSSR count). The van der Waals surface area contributed by atoms with Crippen molar-refractivity contribution in [2.24, 2.45) is 0 Å². The van der Waals surface area contributed by atoms with Gasteiger partial charge in [-0.05, 0) is 40.7 Å². The van der Waals surface area contributed by atoms with Crippen LogP contribution in [-0.4, -0.2) is 110 Å². The molecule has 0 unspecified atom stereocenters. The normalized spacial score (nSPS) is 20.0. The summed E-state index contributed by atoms with van der Waals surface area (Å²) in [5.41, 5.74) is 4.64. The molecule has 1 saturated heterocycles. The Kier molecular flexibility index (Phi) is 16.2. The summed E-state index contributed by atoms with van der Waals surface area (Å²) in [5, 5.41) is 15.1. The maximum Gasteiger partial charge on any atom is 0.407 e. The van der Waals surface area contributed by atoms with Gasteiger partial charge in [0.1, 0.15) is 32.0 Å². The first kappa shape index (κ1) is 45.6. The summed E-state index contributed by atoms with van der Waals surface area (Å²) >= 11 is 0. The van der Waals surface area contributed by atoms with Crippen molar-refractivity contribution in [2.75, 3.05) is 19.8 Å². The number of carbonyl (C=O) groups is 7. The van der Waals surface area contributed by atoms with Gasteiger partial charge in [0, 0.05) is 40.2 Å². The van der Waals surface area contributed by atoms with Crippen molar-refractivity contribution in [3.8, 4) is 11.1 Å². The molecule has 3 aromatic rings. The SMILES string of the molecule is CC(=O)OC[C@H]1O[C@@H](O[C@H](CC[C@H](NC(=O)OCC2c3ccccc3-c3ccccc32)C(=O)O)CNC(=O)OCc2ccccc2)[C@H](OC(C)=O)[C@@H](OC(C)=O)[C@H]1OC(C)=O.